The Morgan fingerprint density at radius 1 is 1.22 bits per heavy atom. The lowest BCUT2D eigenvalue weighted by Gasteiger charge is -2.07. The molecule has 1 fully saturated rings. The molecule has 1 aliphatic carbocycles. The van der Waals surface area contributed by atoms with Gasteiger partial charge in [0.2, 0.25) is 0 Å². The van der Waals surface area contributed by atoms with Gasteiger partial charge in [0, 0.05) is 28.6 Å². The molecule has 0 spiro atoms. The third-order valence-corrected chi connectivity index (χ3v) is 4.29. The summed E-state index contributed by atoms with van der Waals surface area (Å²) in [6.07, 6.45) is 6.92. The van der Waals surface area contributed by atoms with Crippen molar-refractivity contribution in [2.24, 2.45) is 11.7 Å². The third-order valence-electron chi connectivity index (χ3n) is 3.57. The predicted molar refractivity (Wildman–Crippen MR) is 82.3 cm³/mol. The van der Waals surface area contributed by atoms with Crippen LogP contribution in [0.5, 0.6) is 0 Å². The number of halogens is 1. The minimum Gasteiger partial charge on any atom is -0.350 e. The van der Waals surface area contributed by atoms with Gasteiger partial charge >= 0.3 is 0 Å². The van der Waals surface area contributed by atoms with E-state index in [0.717, 1.165) is 12.5 Å². The zero-order chi connectivity index (χ0) is 12.5. The van der Waals surface area contributed by atoms with Crippen molar-refractivity contribution < 1.29 is 0 Å². The van der Waals surface area contributed by atoms with Crippen molar-refractivity contribution in [2.45, 2.75) is 25.4 Å². The molecule has 0 aliphatic heterocycles. The highest BCUT2D eigenvalue weighted by molar-refractivity contribution is 14.1. The molecular formula is C15H17IN2. The molecule has 1 aliphatic rings. The smallest absolute Gasteiger partial charge is 0.0470 e. The van der Waals surface area contributed by atoms with Gasteiger partial charge in [-0.1, -0.05) is 12.1 Å². The fourth-order valence-electron chi connectivity index (χ4n) is 2.28. The van der Waals surface area contributed by atoms with Gasteiger partial charge in [0.25, 0.3) is 0 Å². The number of benzene rings is 1. The number of aromatic nitrogens is 1. The minimum atomic E-state index is 0.239. The van der Waals surface area contributed by atoms with Crippen LogP contribution < -0.4 is 5.73 Å². The Bertz CT molecular complexity index is 526. The lowest BCUT2D eigenvalue weighted by molar-refractivity contribution is 0.631. The van der Waals surface area contributed by atoms with Crippen molar-refractivity contribution >= 4 is 22.6 Å². The molecule has 0 amide bonds. The van der Waals surface area contributed by atoms with Gasteiger partial charge in [0.1, 0.15) is 0 Å². The van der Waals surface area contributed by atoms with E-state index in [2.05, 4.69) is 69.9 Å². The maximum absolute atomic E-state index is 6.21. The van der Waals surface area contributed by atoms with Gasteiger partial charge in [-0.05, 0) is 70.7 Å². The summed E-state index contributed by atoms with van der Waals surface area (Å²) in [4.78, 5) is 0. The molecule has 1 atom stereocenters. The topological polar surface area (TPSA) is 30.9 Å². The fraction of sp³-hybridized carbons (Fsp3) is 0.333. The summed E-state index contributed by atoms with van der Waals surface area (Å²) in [5.74, 6) is 0.721. The molecule has 1 heterocycles. The normalized spacial score (nSPS) is 16.8. The van der Waals surface area contributed by atoms with Crippen LogP contribution in [0.4, 0.5) is 0 Å². The Morgan fingerprint density at radius 2 is 1.94 bits per heavy atom. The second-order valence-corrected chi connectivity index (χ2v) is 6.35. The van der Waals surface area contributed by atoms with E-state index in [1.165, 1.54) is 27.5 Å². The van der Waals surface area contributed by atoms with E-state index in [-0.39, 0.29) is 6.04 Å². The number of nitrogens with zero attached hydrogens (tertiary/aromatic N) is 1. The lowest BCUT2D eigenvalue weighted by atomic mass is 10.1. The van der Waals surface area contributed by atoms with Crippen molar-refractivity contribution in [3.63, 3.8) is 0 Å². The van der Waals surface area contributed by atoms with E-state index in [0.29, 0.717) is 0 Å². The molecule has 3 heteroatoms. The average Bonchev–Trinajstić information content (AvgIpc) is 3.12. The summed E-state index contributed by atoms with van der Waals surface area (Å²) >= 11 is 2.33. The third kappa shape index (κ3) is 2.78. The van der Waals surface area contributed by atoms with Crippen molar-refractivity contribution in [1.82, 2.24) is 4.57 Å². The summed E-state index contributed by atoms with van der Waals surface area (Å²) in [5.41, 5.74) is 8.82. The Kier molecular flexibility index (Phi) is 3.43. The molecule has 18 heavy (non-hydrogen) atoms. The second kappa shape index (κ2) is 5.05. The average molecular weight is 352 g/mol. The van der Waals surface area contributed by atoms with Crippen LogP contribution in [0.2, 0.25) is 0 Å². The molecule has 1 aromatic heterocycles. The van der Waals surface area contributed by atoms with Crippen LogP contribution in [-0.2, 0) is 6.54 Å². The first-order valence-corrected chi connectivity index (χ1v) is 7.46. The first kappa shape index (κ1) is 12.2. The van der Waals surface area contributed by atoms with E-state index >= 15 is 0 Å². The highest BCUT2D eigenvalue weighted by atomic mass is 127. The molecule has 0 radical (unpaired) electrons. The number of nitrogens with two attached hydrogens (primary N) is 1. The highest BCUT2D eigenvalue weighted by Gasteiger charge is 2.29. The van der Waals surface area contributed by atoms with Crippen molar-refractivity contribution in [1.29, 1.82) is 0 Å². The number of rotatable bonds is 4. The van der Waals surface area contributed by atoms with Crippen LogP contribution in [0.15, 0.2) is 42.7 Å². The predicted octanol–water partition coefficient (Wildman–Crippen LogP) is 3.55. The highest BCUT2D eigenvalue weighted by Crippen LogP contribution is 2.39. The van der Waals surface area contributed by atoms with Gasteiger partial charge in [-0.3, -0.25) is 0 Å². The number of hydrogen-bond donors (Lipinski definition) is 1. The quantitative estimate of drug-likeness (QED) is 0.839. The van der Waals surface area contributed by atoms with E-state index in [1.54, 1.807) is 0 Å². The van der Waals surface area contributed by atoms with Crippen LogP contribution in [0.1, 0.15) is 30.0 Å². The van der Waals surface area contributed by atoms with Crippen molar-refractivity contribution in [3.8, 4) is 0 Å². The van der Waals surface area contributed by atoms with Gasteiger partial charge in [0.15, 0.2) is 0 Å². The first-order chi connectivity index (χ1) is 8.72. The lowest BCUT2D eigenvalue weighted by Crippen LogP contribution is -2.11. The summed E-state index contributed by atoms with van der Waals surface area (Å²) in [7, 11) is 0. The van der Waals surface area contributed by atoms with Crippen LogP contribution in [0, 0.1) is 9.49 Å². The molecule has 1 aromatic carbocycles. The summed E-state index contributed by atoms with van der Waals surface area (Å²) in [6.45, 7) is 0.925. The molecule has 3 rings (SSSR count). The maximum atomic E-state index is 6.21. The van der Waals surface area contributed by atoms with E-state index < -0.39 is 0 Å². The maximum Gasteiger partial charge on any atom is 0.0470 e. The summed E-state index contributed by atoms with van der Waals surface area (Å²) < 4.78 is 3.50. The second-order valence-electron chi connectivity index (χ2n) is 5.11. The Balaban J connectivity index is 1.71. The summed E-state index contributed by atoms with van der Waals surface area (Å²) in [6, 6.07) is 11.1. The Morgan fingerprint density at radius 3 is 2.61 bits per heavy atom. The van der Waals surface area contributed by atoms with Crippen molar-refractivity contribution in [3.05, 3.63) is 57.4 Å². The van der Waals surface area contributed by atoms with Gasteiger partial charge in [0.05, 0.1) is 0 Å². The van der Waals surface area contributed by atoms with Crippen LogP contribution in [-0.4, -0.2) is 4.57 Å². The van der Waals surface area contributed by atoms with E-state index in [4.69, 9.17) is 5.73 Å². The molecule has 2 aromatic rings. The molecule has 0 bridgehead atoms. The molecular weight excluding hydrogens is 335 g/mol. The van der Waals surface area contributed by atoms with E-state index in [1.807, 2.05) is 0 Å². The van der Waals surface area contributed by atoms with Gasteiger partial charge < -0.3 is 10.3 Å². The zero-order valence-corrected chi connectivity index (χ0v) is 12.4. The van der Waals surface area contributed by atoms with Gasteiger partial charge in [-0.2, -0.15) is 0 Å². The number of hydrogen-bond acceptors (Lipinski definition) is 1. The minimum absolute atomic E-state index is 0.239. The van der Waals surface area contributed by atoms with Crippen LogP contribution in [0.25, 0.3) is 0 Å². The summed E-state index contributed by atoms with van der Waals surface area (Å²) in [5, 5.41) is 0. The van der Waals surface area contributed by atoms with Gasteiger partial charge in [-0.15, -0.1) is 0 Å². The zero-order valence-electron chi connectivity index (χ0n) is 10.2. The van der Waals surface area contributed by atoms with Gasteiger partial charge in [-0.25, -0.2) is 0 Å². The van der Waals surface area contributed by atoms with Crippen LogP contribution in [0.3, 0.4) is 0 Å². The molecule has 1 saturated carbocycles. The Labute approximate surface area is 121 Å². The molecule has 2 nitrogen and oxygen atoms in total. The van der Waals surface area contributed by atoms with Crippen LogP contribution >= 0.6 is 22.6 Å². The molecule has 1 unspecified atom stereocenters. The standard InChI is InChI=1S/C15H17IN2/c16-14-5-1-11(2-6-14)9-18-8-7-13(10-18)15(17)12-3-4-12/h1-2,5-8,10,12,15H,3-4,9,17H2. The monoisotopic (exact) mass is 352 g/mol. The fourth-order valence-corrected chi connectivity index (χ4v) is 2.64. The molecule has 94 valence electrons. The Hall–Kier alpha value is -0.810. The molecule has 0 saturated heterocycles. The SMILES string of the molecule is NC(c1ccn(Cc2ccc(I)cc2)c1)C1CC1. The molecule has 2 N–H and O–H groups in total. The van der Waals surface area contributed by atoms with E-state index in [9.17, 15) is 0 Å². The largest absolute Gasteiger partial charge is 0.350 e. The van der Waals surface area contributed by atoms with Crippen molar-refractivity contribution in [2.75, 3.05) is 0 Å². The first-order valence-electron chi connectivity index (χ1n) is 6.38.